The molecule has 30 heavy (non-hydrogen) atoms. The number of piperidine rings is 1. The number of benzene rings is 2. The number of hydrogen-bond donors (Lipinski definition) is 1. The Morgan fingerprint density at radius 1 is 0.933 bits per heavy atom. The van der Waals surface area contributed by atoms with Crippen molar-refractivity contribution in [3.63, 3.8) is 0 Å². The number of ether oxygens (including phenoxy) is 2. The highest BCUT2D eigenvalue weighted by molar-refractivity contribution is 5.95. The molecule has 1 fully saturated rings. The lowest BCUT2D eigenvalue weighted by molar-refractivity contribution is 0.0684. The predicted molar refractivity (Wildman–Crippen MR) is 116 cm³/mol. The van der Waals surface area contributed by atoms with Crippen molar-refractivity contribution in [2.45, 2.75) is 26.7 Å². The minimum Gasteiger partial charge on any atom is -0.493 e. The van der Waals surface area contributed by atoms with Gasteiger partial charge < -0.3 is 19.7 Å². The molecule has 0 aromatic heterocycles. The summed E-state index contributed by atoms with van der Waals surface area (Å²) in [6.45, 7) is 6.09. The summed E-state index contributed by atoms with van der Waals surface area (Å²) in [4.78, 5) is 27.2. The van der Waals surface area contributed by atoms with Gasteiger partial charge in [-0.15, -0.1) is 0 Å². The Labute approximate surface area is 178 Å². The van der Waals surface area contributed by atoms with Crippen LogP contribution in [0.2, 0.25) is 0 Å². The summed E-state index contributed by atoms with van der Waals surface area (Å²) in [7, 11) is 3.11. The SMILES string of the molecule is COc1ccc(C(=O)NCC2CCN(C(=O)c3ccc(C)c(C)c3)CC2)cc1OC. The van der Waals surface area contributed by atoms with Gasteiger partial charge in [-0.1, -0.05) is 6.07 Å². The van der Waals surface area contributed by atoms with Crippen molar-refractivity contribution in [2.75, 3.05) is 33.9 Å². The molecule has 1 saturated heterocycles. The number of rotatable bonds is 6. The van der Waals surface area contributed by atoms with E-state index in [1.165, 1.54) is 5.56 Å². The van der Waals surface area contributed by atoms with E-state index in [2.05, 4.69) is 5.32 Å². The average Bonchev–Trinajstić information content (AvgIpc) is 2.78. The maximum Gasteiger partial charge on any atom is 0.253 e. The Balaban J connectivity index is 1.50. The monoisotopic (exact) mass is 410 g/mol. The molecular weight excluding hydrogens is 380 g/mol. The van der Waals surface area contributed by atoms with E-state index in [1.807, 2.05) is 36.9 Å². The number of methoxy groups -OCH3 is 2. The number of carbonyl (C=O) groups excluding carboxylic acids is 2. The van der Waals surface area contributed by atoms with Crippen molar-refractivity contribution in [3.8, 4) is 11.5 Å². The molecule has 1 aliphatic rings. The second-order valence-corrected chi connectivity index (χ2v) is 7.81. The number of aryl methyl sites for hydroxylation is 2. The third-order valence-electron chi connectivity index (χ3n) is 5.85. The van der Waals surface area contributed by atoms with Gasteiger partial charge in [0.05, 0.1) is 14.2 Å². The van der Waals surface area contributed by atoms with Gasteiger partial charge in [0.25, 0.3) is 11.8 Å². The fourth-order valence-corrected chi connectivity index (χ4v) is 3.71. The molecule has 0 atom stereocenters. The topological polar surface area (TPSA) is 67.9 Å². The maximum atomic E-state index is 12.8. The first-order valence-corrected chi connectivity index (χ1v) is 10.3. The zero-order valence-corrected chi connectivity index (χ0v) is 18.2. The Bertz CT molecular complexity index is 917. The van der Waals surface area contributed by atoms with Crippen LogP contribution in [0, 0.1) is 19.8 Å². The van der Waals surface area contributed by atoms with Gasteiger partial charge >= 0.3 is 0 Å². The van der Waals surface area contributed by atoms with Crippen LogP contribution in [-0.2, 0) is 0 Å². The van der Waals surface area contributed by atoms with Crippen molar-refractivity contribution >= 4 is 11.8 Å². The van der Waals surface area contributed by atoms with E-state index >= 15 is 0 Å². The largest absolute Gasteiger partial charge is 0.493 e. The van der Waals surface area contributed by atoms with Crippen molar-refractivity contribution in [1.82, 2.24) is 10.2 Å². The molecule has 0 saturated carbocycles. The minimum absolute atomic E-state index is 0.0888. The second kappa shape index (κ2) is 9.65. The van der Waals surface area contributed by atoms with Crippen molar-refractivity contribution in [3.05, 3.63) is 58.7 Å². The molecular formula is C24H30N2O4. The van der Waals surface area contributed by atoms with Crippen LogP contribution in [0.5, 0.6) is 11.5 Å². The first kappa shape index (κ1) is 21.7. The van der Waals surface area contributed by atoms with Gasteiger partial charge in [-0.25, -0.2) is 0 Å². The summed E-state index contributed by atoms with van der Waals surface area (Å²) in [5, 5.41) is 3.01. The van der Waals surface area contributed by atoms with Crippen LogP contribution in [0.4, 0.5) is 0 Å². The number of likely N-dealkylation sites (tertiary alicyclic amines) is 1. The van der Waals surface area contributed by atoms with E-state index in [0.29, 0.717) is 42.6 Å². The molecule has 0 radical (unpaired) electrons. The molecule has 1 heterocycles. The molecule has 3 rings (SSSR count). The lowest BCUT2D eigenvalue weighted by atomic mass is 9.95. The van der Waals surface area contributed by atoms with E-state index in [-0.39, 0.29) is 11.8 Å². The van der Waals surface area contributed by atoms with Crippen LogP contribution < -0.4 is 14.8 Å². The molecule has 1 N–H and O–H groups in total. The third kappa shape index (κ3) is 4.93. The van der Waals surface area contributed by atoms with Gasteiger partial charge in [0.2, 0.25) is 0 Å². The lowest BCUT2D eigenvalue weighted by Gasteiger charge is -2.32. The van der Waals surface area contributed by atoms with Gasteiger partial charge in [-0.05, 0) is 74.1 Å². The highest BCUT2D eigenvalue weighted by Crippen LogP contribution is 2.27. The first-order chi connectivity index (χ1) is 14.4. The quantitative estimate of drug-likeness (QED) is 0.790. The summed E-state index contributed by atoms with van der Waals surface area (Å²) in [6.07, 6.45) is 1.76. The van der Waals surface area contributed by atoms with Crippen LogP contribution in [-0.4, -0.2) is 50.6 Å². The molecule has 0 unspecified atom stereocenters. The fourth-order valence-electron chi connectivity index (χ4n) is 3.71. The average molecular weight is 411 g/mol. The summed E-state index contributed by atoms with van der Waals surface area (Å²) < 4.78 is 10.5. The van der Waals surface area contributed by atoms with Crippen molar-refractivity contribution in [1.29, 1.82) is 0 Å². The second-order valence-electron chi connectivity index (χ2n) is 7.81. The van der Waals surface area contributed by atoms with Crippen LogP contribution in [0.15, 0.2) is 36.4 Å². The molecule has 2 aromatic rings. The minimum atomic E-state index is -0.135. The van der Waals surface area contributed by atoms with Crippen LogP contribution in [0.1, 0.15) is 44.7 Å². The van der Waals surface area contributed by atoms with Gasteiger partial charge in [-0.2, -0.15) is 0 Å². The maximum absolute atomic E-state index is 12.8. The smallest absolute Gasteiger partial charge is 0.253 e. The molecule has 0 aliphatic carbocycles. The summed E-state index contributed by atoms with van der Waals surface area (Å²) in [6, 6.07) is 11.0. The van der Waals surface area contributed by atoms with E-state index in [1.54, 1.807) is 32.4 Å². The van der Waals surface area contributed by atoms with Crippen molar-refractivity contribution in [2.24, 2.45) is 5.92 Å². The molecule has 2 amide bonds. The molecule has 0 spiro atoms. The van der Waals surface area contributed by atoms with Crippen molar-refractivity contribution < 1.29 is 19.1 Å². The number of nitrogens with one attached hydrogen (secondary N) is 1. The number of amides is 2. The predicted octanol–water partition coefficient (Wildman–Crippen LogP) is 3.60. The summed E-state index contributed by atoms with van der Waals surface area (Å²) in [5.74, 6) is 1.44. The number of hydrogen-bond acceptors (Lipinski definition) is 4. The molecule has 1 aliphatic heterocycles. The Hall–Kier alpha value is -3.02. The zero-order chi connectivity index (χ0) is 21.7. The Kier molecular flexibility index (Phi) is 6.98. The highest BCUT2D eigenvalue weighted by Gasteiger charge is 2.24. The standard InChI is InChI=1S/C24H30N2O4/c1-16-5-6-20(13-17(16)2)24(28)26-11-9-18(10-12-26)15-25-23(27)19-7-8-21(29-3)22(14-19)30-4/h5-8,13-14,18H,9-12,15H2,1-4H3,(H,25,27). The fraction of sp³-hybridized carbons (Fsp3) is 0.417. The van der Waals surface area contributed by atoms with Crippen LogP contribution in [0.3, 0.4) is 0 Å². The van der Waals surface area contributed by atoms with Gasteiger partial charge in [0.15, 0.2) is 11.5 Å². The zero-order valence-electron chi connectivity index (χ0n) is 18.2. The Morgan fingerprint density at radius 3 is 2.23 bits per heavy atom. The van der Waals surface area contributed by atoms with E-state index < -0.39 is 0 Å². The molecule has 2 aromatic carbocycles. The van der Waals surface area contributed by atoms with Crippen LogP contribution in [0.25, 0.3) is 0 Å². The number of carbonyl (C=O) groups is 2. The van der Waals surface area contributed by atoms with Crippen LogP contribution >= 0.6 is 0 Å². The molecule has 160 valence electrons. The first-order valence-electron chi connectivity index (χ1n) is 10.3. The van der Waals surface area contributed by atoms with E-state index in [0.717, 1.165) is 24.0 Å². The summed E-state index contributed by atoms with van der Waals surface area (Å²) >= 11 is 0. The summed E-state index contributed by atoms with van der Waals surface area (Å²) in [5.41, 5.74) is 3.61. The van der Waals surface area contributed by atoms with Gasteiger partial charge in [-0.3, -0.25) is 9.59 Å². The molecule has 6 heteroatoms. The Morgan fingerprint density at radius 2 is 1.60 bits per heavy atom. The normalized spacial score (nSPS) is 14.3. The number of nitrogens with zero attached hydrogens (tertiary/aromatic N) is 1. The van der Waals surface area contributed by atoms with E-state index in [4.69, 9.17) is 9.47 Å². The van der Waals surface area contributed by atoms with E-state index in [9.17, 15) is 9.59 Å². The lowest BCUT2D eigenvalue weighted by Crippen LogP contribution is -2.41. The van der Waals surface area contributed by atoms with Gasteiger partial charge in [0, 0.05) is 30.8 Å². The highest BCUT2D eigenvalue weighted by atomic mass is 16.5. The molecule has 6 nitrogen and oxygen atoms in total. The van der Waals surface area contributed by atoms with Gasteiger partial charge in [0.1, 0.15) is 0 Å². The third-order valence-corrected chi connectivity index (χ3v) is 5.85. The molecule has 0 bridgehead atoms.